The largest absolute Gasteiger partial charge is 0.341 e. The molecule has 0 N–H and O–H groups in total. The first-order valence-electron chi connectivity index (χ1n) is 19.8. The quantitative estimate of drug-likeness (QED) is 0.168. The molecule has 2 aliphatic rings. The fraction of sp³-hybridized carbons (Fsp3) is 0.160. The lowest BCUT2D eigenvalue weighted by Crippen LogP contribution is -2.24. The summed E-state index contributed by atoms with van der Waals surface area (Å²) in [5, 5.41) is 0. The van der Waals surface area contributed by atoms with Crippen molar-refractivity contribution in [3.63, 3.8) is 0 Å². The van der Waals surface area contributed by atoms with Crippen LogP contribution in [-0.4, -0.2) is 22.8 Å². The van der Waals surface area contributed by atoms with Gasteiger partial charge in [-0.2, -0.15) is 8.75 Å². The predicted octanol–water partition coefficient (Wildman–Crippen LogP) is 14.4. The maximum absolute atomic E-state index is 5.01. The zero-order chi connectivity index (χ0) is 38.9. The van der Waals surface area contributed by atoms with Crippen LogP contribution in [0.2, 0.25) is 0 Å². The summed E-state index contributed by atoms with van der Waals surface area (Å²) >= 11 is 1.29. The molecule has 0 bridgehead atoms. The van der Waals surface area contributed by atoms with E-state index in [1.54, 1.807) is 0 Å². The summed E-state index contributed by atoms with van der Waals surface area (Å²) < 4.78 is 10.0. The van der Waals surface area contributed by atoms with E-state index in [1.807, 2.05) is 0 Å². The minimum Gasteiger partial charge on any atom is -0.341 e. The Morgan fingerprint density at radius 2 is 0.719 bits per heavy atom. The Kier molecular flexibility index (Phi) is 8.38. The minimum atomic E-state index is 0.326. The van der Waals surface area contributed by atoms with Crippen molar-refractivity contribution in [2.24, 2.45) is 0 Å². The number of benzene rings is 7. The van der Waals surface area contributed by atoms with E-state index in [0.29, 0.717) is 11.8 Å². The molecule has 57 heavy (non-hydrogen) atoms. The molecule has 0 saturated carbocycles. The highest BCUT2D eigenvalue weighted by molar-refractivity contribution is 7.00. The van der Waals surface area contributed by atoms with Crippen molar-refractivity contribution in [2.75, 3.05) is 33.7 Å². The highest BCUT2D eigenvalue weighted by Crippen LogP contribution is 2.53. The van der Waals surface area contributed by atoms with Crippen molar-refractivity contribution in [2.45, 2.75) is 39.5 Å². The number of hydrogen-bond donors (Lipinski definition) is 0. The molecule has 0 spiro atoms. The molecule has 6 nitrogen and oxygen atoms in total. The minimum absolute atomic E-state index is 0.326. The number of nitrogens with zero attached hydrogens (tertiary/aromatic N) is 6. The van der Waals surface area contributed by atoms with E-state index in [9.17, 15) is 0 Å². The molecular weight excluding hydrogens is 717 g/mol. The van der Waals surface area contributed by atoms with Gasteiger partial charge in [-0.1, -0.05) is 100 Å². The van der Waals surface area contributed by atoms with Crippen LogP contribution in [0.3, 0.4) is 0 Å². The van der Waals surface area contributed by atoms with E-state index in [0.717, 1.165) is 67.4 Å². The molecule has 1 aromatic heterocycles. The fourth-order valence-electron chi connectivity index (χ4n) is 8.66. The average Bonchev–Trinajstić information content (AvgIpc) is 3.74. The van der Waals surface area contributed by atoms with Crippen molar-refractivity contribution >= 4 is 79.6 Å². The van der Waals surface area contributed by atoms with Crippen molar-refractivity contribution in [1.82, 2.24) is 8.75 Å². The van der Waals surface area contributed by atoms with Gasteiger partial charge in [0.05, 0.1) is 57.2 Å². The van der Waals surface area contributed by atoms with E-state index in [4.69, 9.17) is 8.75 Å². The number of aromatic nitrogens is 2. The highest BCUT2D eigenvalue weighted by Gasteiger charge is 2.30. The fourth-order valence-corrected chi connectivity index (χ4v) is 9.23. The lowest BCUT2D eigenvalue weighted by atomic mass is 9.91. The van der Waals surface area contributed by atoms with Crippen LogP contribution in [0.5, 0.6) is 0 Å². The van der Waals surface area contributed by atoms with E-state index in [2.05, 4.69) is 207 Å². The number of anilines is 10. The summed E-state index contributed by atoms with van der Waals surface area (Å²) in [6, 6.07) is 53.3. The molecule has 8 aromatic rings. The summed E-state index contributed by atoms with van der Waals surface area (Å²) in [5.74, 6) is 0.652. The smallest absolute Gasteiger partial charge is 0.113 e. The molecule has 0 aliphatic carbocycles. The molecule has 7 aromatic carbocycles. The van der Waals surface area contributed by atoms with Gasteiger partial charge in [-0.15, -0.1) is 0 Å². The molecule has 0 saturated heterocycles. The maximum atomic E-state index is 5.01. The second-order valence-electron chi connectivity index (χ2n) is 15.8. The van der Waals surface area contributed by atoms with Gasteiger partial charge in [0.1, 0.15) is 11.0 Å². The molecule has 3 heterocycles. The number of hydrogen-bond acceptors (Lipinski definition) is 7. The van der Waals surface area contributed by atoms with Gasteiger partial charge in [-0.3, -0.25) is 0 Å². The van der Waals surface area contributed by atoms with Gasteiger partial charge >= 0.3 is 0 Å². The van der Waals surface area contributed by atoms with E-state index < -0.39 is 0 Å². The van der Waals surface area contributed by atoms with Crippen LogP contribution in [0.4, 0.5) is 56.9 Å². The number of rotatable bonds is 6. The Labute approximate surface area is 339 Å². The molecule has 7 heteroatoms. The summed E-state index contributed by atoms with van der Waals surface area (Å²) in [4.78, 5) is 9.41. The van der Waals surface area contributed by atoms with E-state index in [-0.39, 0.29) is 0 Å². The molecule has 0 fully saturated rings. The summed E-state index contributed by atoms with van der Waals surface area (Å²) in [6.07, 6.45) is 0. The Morgan fingerprint density at radius 3 is 1.04 bits per heavy atom. The van der Waals surface area contributed by atoms with Crippen molar-refractivity contribution in [3.8, 4) is 22.3 Å². The van der Waals surface area contributed by atoms with Crippen LogP contribution in [-0.2, 0) is 0 Å². The van der Waals surface area contributed by atoms with Crippen LogP contribution < -0.4 is 19.6 Å². The van der Waals surface area contributed by atoms with Gasteiger partial charge in [0.2, 0.25) is 0 Å². The standard InChI is InChI=1S/C50H44N6S/c1-31(2)33-25-35(29-37(27-33)55-45-19-11-7-15-41(45)53(5)42-16-8-12-20-46(42)55)39-23-24-40(50-49(39)51-57-52-50)36-26-34(32(3)4)28-38(30-36)56-47-21-13-9-17-43(47)54(6)44-18-10-14-22-48(44)56/h7-32H,1-6H3. The zero-order valence-electron chi connectivity index (χ0n) is 33.1. The van der Waals surface area contributed by atoms with Crippen LogP contribution in [0.25, 0.3) is 33.3 Å². The predicted molar refractivity (Wildman–Crippen MR) is 242 cm³/mol. The lowest BCUT2D eigenvalue weighted by Gasteiger charge is -2.39. The molecule has 0 atom stereocenters. The second kappa shape index (κ2) is 13.6. The molecule has 0 unspecified atom stereocenters. The first kappa shape index (κ1) is 35.0. The maximum Gasteiger partial charge on any atom is 0.113 e. The van der Waals surface area contributed by atoms with Gasteiger partial charge in [0.25, 0.3) is 0 Å². The Morgan fingerprint density at radius 1 is 0.404 bits per heavy atom. The molecule has 0 amide bonds. The normalized spacial score (nSPS) is 13.3. The Bertz CT molecular complexity index is 2550. The van der Waals surface area contributed by atoms with Crippen LogP contribution in [0.1, 0.15) is 50.7 Å². The SMILES string of the molecule is CC(C)c1cc(-c2ccc(-c3cc(C(C)C)cc(N4c5ccccc5N(C)c5ccccc54)c3)c3nsnc23)cc(N2c3ccccc3N(C)c3ccccc32)c1. The van der Waals surface area contributed by atoms with Crippen LogP contribution >= 0.6 is 11.7 Å². The summed E-state index contributed by atoms with van der Waals surface area (Å²) in [6.45, 7) is 9.09. The van der Waals surface area contributed by atoms with Crippen molar-refractivity contribution < 1.29 is 0 Å². The van der Waals surface area contributed by atoms with Gasteiger partial charge in [0, 0.05) is 36.6 Å². The van der Waals surface area contributed by atoms with Gasteiger partial charge in [0.15, 0.2) is 0 Å². The summed E-state index contributed by atoms with van der Waals surface area (Å²) in [5.41, 5.74) is 20.5. The van der Waals surface area contributed by atoms with Gasteiger partial charge in [-0.25, -0.2) is 0 Å². The third-order valence-corrected chi connectivity index (χ3v) is 12.2. The molecule has 10 rings (SSSR count). The molecule has 0 radical (unpaired) electrons. The number of fused-ring (bicyclic) bond motifs is 5. The lowest BCUT2D eigenvalue weighted by molar-refractivity contribution is 0.866. The van der Waals surface area contributed by atoms with Crippen molar-refractivity contribution in [3.05, 3.63) is 157 Å². The first-order chi connectivity index (χ1) is 27.8. The molecule has 2 aliphatic heterocycles. The van der Waals surface area contributed by atoms with E-state index >= 15 is 0 Å². The van der Waals surface area contributed by atoms with Gasteiger partial charge in [-0.05, 0) is 107 Å². The first-order valence-corrected chi connectivity index (χ1v) is 20.5. The monoisotopic (exact) mass is 760 g/mol. The third kappa shape index (κ3) is 5.67. The van der Waals surface area contributed by atoms with E-state index in [1.165, 1.54) is 45.6 Å². The van der Waals surface area contributed by atoms with Crippen LogP contribution in [0.15, 0.2) is 146 Å². The second-order valence-corrected chi connectivity index (χ2v) is 16.3. The van der Waals surface area contributed by atoms with Crippen molar-refractivity contribution in [1.29, 1.82) is 0 Å². The zero-order valence-corrected chi connectivity index (χ0v) is 33.9. The number of para-hydroxylation sites is 8. The Balaban J connectivity index is 1.13. The van der Waals surface area contributed by atoms with Crippen LogP contribution in [0, 0.1) is 0 Å². The molecular formula is C50H44N6S. The average molecular weight is 761 g/mol. The third-order valence-electron chi connectivity index (χ3n) is 11.7. The van der Waals surface area contributed by atoms with Gasteiger partial charge < -0.3 is 19.6 Å². The summed E-state index contributed by atoms with van der Waals surface area (Å²) in [7, 11) is 4.31. The topological polar surface area (TPSA) is 38.7 Å². The Hall–Kier alpha value is -6.44. The molecule has 280 valence electrons. The highest BCUT2D eigenvalue weighted by atomic mass is 32.1.